The summed E-state index contributed by atoms with van der Waals surface area (Å²) in [6.07, 6.45) is 3.29. The van der Waals surface area contributed by atoms with Crippen LogP contribution < -0.4 is 9.80 Å². The molecule has 0 unspecified atom stereocenters. The highest BCUT2D eigenvalue weighted by Crippen LogP contribution is 2.26. The van der Waals surface area contributed by atoms with E-state index in [9.17, 15) is 0 Å². The van der Waals surface area contributed by atoms with Crippen molar-refractivity contribution in [3.63, 3.8) is 0 Å². The number of aromatic nitrogens is 4. The molecule has 1 fully saturated rings. The first-order valence-electron chi connectivity index (χ1n) is 8.55. The van der Waals surface area contributed by atoms with Gasteiger partial charge in [0.15, 0.2) is 5.82 Å². The smallest absolute Gasteiger partial charge is 0.151 e. The van der Waals surface area contributed by atoms with E-state index in [1.165, 1.54) is 0 Å². The van der Waals surface area contributed by atoms with Gasteiger partial charge in [0.05, 0.1) is 16.3 Å². The Kier molecular flexibility index (Phi) is 4.81. The third-order valence-corrected chi connectivity index (χ3v) is 4.71. The molecule has 0 aliphatic carbocycles. The van der Waals surface area contributed by atoms with Crippen LogP contribution in [0.25, 0.3) is 11.4 Å². The van der Waals surface area contributed by atoms with Crippen LogP contribution in [0.4, 0.5) is 11.6 Å². The van der Waals surface area contributed by atoms with Crippen LogP contribution in [0.5, 0.6) is 0 Å². The van der Waals surface area contributed by atoms with Crippen molar-refractivity contribution in [2.45, 2.75) is 0 Å². The van der Waals surface area contributed by atoms with Gasteiger partial charge in [-0.2, -0.15) is 5.26 Å². The largest absolute Gasteiger partial charge is 0.352 e. The monoisotopic (exact) mass is 377 g/mol. The normalized spacial score (nSPS) is 14.1. The van der Waals surface area contributed by atoms with Gasteiger partial charge in [-0.25, -0.2) is 4.98 Å². The summed E-state index contributed by atoms with van der Waals surface area (Å²) in [6.45, 7) is 3.11. The lowest BCUT2D eigenvalue weighted by atomic mass is 10.2. The number of hydrogen-bond donors (Lipinski definition) is 0. The van der Waals surface area contributed by atoms with Gasteiger partial charge in [-0.1, -0.05) is 17.7 Å². The van der Waals surface area contributed by atoms with E-state index in [0.29, 0.717) is 16.4 Å². The van der Waals surface area contributed by atoms with Gasteiger partial charge in [0.2, 0.25) is 0 Å². The topological polar surface area (TPSA) is 81.8 Å². The molecule has 0 saturated carbocycles. The average Bonchev–Trinajstić information content (AvgIpc) is 2.74. The molecule has 3 aromatic heterocycles. The molecular weight excluding hydrogens is 362 g/mol. The van der Waals surface area contributed by atoms with Gasteiger partial charge in [0.25, 0.3) is 0 Å². The molecule has 0 spiro atoms. The predicted molar refractivity (Wildman–Crippen MR) is 104 cm³/mol. The molecule has 0 radical (unpaired) electrons. The van der Waals surface area contributed by atoms with E-state index in [2.05, 4.69) is 30.0 Å². The molecule has 0 amide bonds. The molecule has 1 aliphatic heterocycles. The quantitative estimate of drug-likeness (QED) is 0.694. The number of piperazine rings is 1. The summed E-state index contributed by atoms with van der Waals surface area (Å²) in [5.41, 5.74) is 2.03. The van der Waals surface area contributed by atoms with Crippen molar-refractivity contribution >= 4 is 23.2 Å². The van der Waals surface area contributed by atoms with E-state index in [4.69, 9.17) is 16.9 Å². The minimum absolute atomic E-state index is 0.464. The Hall–Kier alpha value is -3.24. The SMILES string of the molecule is N#Cc1cnc(N2CCN(c3ccc(-c4ccccn4)nn3)CC2)c(Cl)c1. The molecule has 134 valence electrons. The molecule has 4 heterocycles. The van der Waals surface area contributed by atoms with Crippen molar-refractivity contribution in [3.05, 3.63) is 59.4 Å². The van der Waals surface area contributed by atoms with E-state index >= 15 is 0 Å². The first kappa shape index (κ1) is 17.2. The zero-order chi connectivity index (χ0) is 18.6. The fourth-order valence-corrected chi connectivity index (χ4v) is 3.30. The van der Waals surface area contributed by atoms with Crippen LogP contribution in [-0.4, -0.2) is 46.3 Å². The van der Waals surface area contributed by atoms with Crippen LogP contribution in [0.3, 0.4) is 0 Å². The highest BCUT2D eigenvalue weighted by atomic mass is 35.5. The van der Waals surface area contributed by atoms with E-state index in [1.807, 2.05) is 36.4 Å². The van der Waals surface area contributed by atoms with E-state index in [1.54, 1.807) is 18.5 Å². The molecular formula is C19H16ClN7. The molecule has 0 atom stereocenters. The van der Waals surface area contributed by atoms with E-state index < -0.39 is 0 Å². The zero-order valence-corrected chi connectivity index (χ0v) is 15.2. The standard InChI is InChI=1S/C19H16ClN7/c20-15-11-14(12-21)13-23-19(15)27-9-7-26(8-10-27)18-5-4-17(24-25-18)16-3-1-2-6-22-16/h1-6,11,13H,7-10H2. The average molecular weight is 378 g/mol. The summed E-state index contributed by atoms with van der Waals surface area (Å²) >= 11 is 6.27. The summed E-state index contributed by atoms with van der Waals surface area (Å²) in [5.74, 6) is 1.56. The molecule has 4 rings (SSSR count). The van der Waals surface area contributed by atoms with Crippen molar-refractivity contribution in [2.24, 2.45) is 0 Å². The number of nitriles is 1. The number of pyridine rings is 2. The summed E-state index contributed by atoms with van der Waals surface area (Å²) in [4.78, 5) is 12.9. The van der Waals surface area contributed by atoms with Crippen molar-refractivity contribution in [1.82, 2.24) is 20.2 Å². The van der Waals surface area contributed by atoms with Crippen molar-refractivity contribution in [2.75, 3.05) is 36.0 Å². The van der Waals surface area contributed by atoms with Crippen LogP contribution >= 0.6 is 11.6 Å². The highest BCUT2D eigenvalue weighted by molar-refractivity contribution is 6.33. The fraction of sp³-hybridized carbons (Fsp3) is 0.211. The van der Waals surface area contributed by atoms with Gasteiger partial charge in [0.1, 0.15) is 17.6 Å². The summed E-state index contributed by atoms with van der Waals surface area (Å²) in [7, 11) is 0. The number of anilines is 2. The van der Waals surface area contributed by atoms with Crippen LogP contribution in [0.1, 0.15) is 5.56 Å². The zero-order valence-electron chi connectivity index (χ0n) is 14.5. The molecule has 7 nitrogen and oxygen atoms in total. The lowest BCUT2D eigenvalue weighted by Gasteiger charge is -2.36. The summed E-state index contributed by atoms with van der Waals surface area (Å²) in [5, 5.41) is 18.1. The molecule has 1 aliphatic rings. The van der Waals surface area contributed by atoms with E-state index in [0.717, 1.165) is 43.4 Å². The summed E-state index contributed by atoms with van der Waals surface area (Å²) in [6, 6.07) is 13.3. The van der Waals surface area contributed by atoms with E-state index in [-0.39, 0.29) is 0 Å². The van der Waals surface area contributed by atoms with Crippen molar-refractivity contribution < 1.29 is 0 Å². The number of nitrogens with zero attached hydrogens (tertiary/aromatic N) is 7. The molecule has 8 heteroatoms. The molecule has 1 saturated heterocycles. The minimum Gasteiger partial charge on any atom is -0.352 e. The molecule has 27 heavy (non-hydrogen) atoms. The summed E-state index contributed by atoms with van der Waals surface area (Å²) < 4.78 is 0. The van der Waals surface area contributed by atoms with Crippen molar-refractivity contribution in [3.8, 4) is 17.5 Å². The second-order valence-corrected chi connectivity index (χ2v) is 6.51. The van der Waals surface area contributed by atoms with Crippen LogP contribution in [-0.2, 0) is 0 Å². The Morgan fingerprint density at radius 1 is 0.926 bits per heavy atom. The van der Waals surface area contributed by atoms with Gasteiger partial charge >= 0.3 is 0 Å². The van der Waals surface area contributed by atoms with Crippen molar-refractivity contribution in [1.29, 1.82) is 5.26 Å². The number of halogens is 1. The second kappa shape index (κ2) is 7.56. The Labute approximate surface area is 161 Å². The van der Waals surface area contributed by atoms with Gasteiger partial charge < -0.3 is 9.80 Å². The fourth-order valence-electron chi connectivity index (χ4n) is 3.02. The lowest BCUT2D eigenvalue weighted by Crippen LogP contribution is -2.47. The van der Waals surface area contributed by atoms with Gasteiger partial charge in [-0.15, -0.1) is 10.2 Å². The maximum Gasteiger partial charge on any atom is 0.151 e. The molecule has 3 aromatic rings. The Balaban J connectivity index is 1.43. The van der Waals surface area contributed by atoms with Crippen LogP contribution in [0.15, 0.2) is 48.8 Å². The van der Waals surface area contributed by atoms with Gasteiger partial charge in [-0.05, 0) is 30.3 Å². The van der Waals surface area contributed by atoms with Gasteiger partial charge in [0, 0.05) is 38.6 Å². The van der Waals surface area contributed by atoms with Gasteiger partial charge in [-0.3, -0.25) is 4.98 Å². The first-order chi connectivity index (χ1) is 13.2. The Bertz CT molecular complexity index is 962. The van der Waals surface area contributed by atoms with Crippen LogP contribution in [0, 0.1) is 11.3 Å². The second-order valence-electron chi connectivity index (χ2n) is 6.11. The highest BCUT2D eigenvalue weighted by Gasteiger charge is 2.21. The Morgan fingerprint density at radius 3 is 2.37 bits per heavy atom. The molecule has 0 aromatic carbocycles. The predicted octanol–water partition coefficient (Wildman–Crippen LogP) is 2.79. The third-order valence-electron chi connectivity index (χ3n) is 4.43. The minimum atomic E-state index is 0.464. The maximum absolute atomic E-state index is 8.93. The third kappa shape index (κ3) is 3.66. The molecule has 0 N–H and O–H groups in total. The number of rotatable bonds is 3. The lowest BCUT2D eigenvalue weighted by molar-refractivity contribution is 0.638. The van der Waals surface area contributed by atoms with Crippen LogP contribution in [0.2, 0.25) is 5.02 Å². The number of hydrogen-bond acceptors (Lipinski definition) is 7. The molecule has 0 bridgehead atoms. The maximum atomic E-state index is 8.93. The Morgan fingerprint density at radius 2 is 1.74 bits per heavy atom. The first-order valence-corrected chi connectivity index (χ1v) is 8.93.